The predicted molar refractivity (Wildman–Crippen MR) is 101 cm³/mol. The largest absolute Gasteiger partial charge is 0.455 e. The topological polar surface area (TPSA) is 102 Å². The van der Waals surface area contributed by atoms with E-state index in [4.69, 9.17) is 4.74 Å². The van der Waals surface area contributed by atoms with E-state index in [0.29, 0.717) is 11.8 Å². The summed E-state index contributed by atoms with van der Waals surface area (Å²) in [6.07, 6.45) is 3.14. The first kappa shape index (κ1) is 21.4. The number of sulfonamides is 1. The molecule has 1 saturated carbocycles. The van der Waals surface area contributed by atoms with Gasteiger partial charge in [0.15, 0.2) is 6.61 Å². The first-order valence-corrected chi connectivity index (χ1v) is 10.7. The Morgan fingerprint density at radius 3 is 2.48 bits per heavy atom. The van der Waals surface area contributed by atoms with Crippen LogP contribution in [-0.4, -0.2) is 39.5 Å². The Morgan fingerprint density at radius 1 is 1.15 bits per heavy atom. The molecule has 0 unspecified atom stereocenters. The molecule has 1 fully saturated rings. The summed E-state index contributed by atoms with van der Waals surface area (Å²) in [6.45, 7) is 5.19. The zero-order valence-corrected chi connectivity index (χ0v) is 16.8. The van der Waals surface area contributed by atoms with E-state index in [0.717, 1.165) is 24.8 Å². The van der Waals surface area contributed by atoms with E-state index in [9.17, 15) is 18.0 Å². The molecule has 0 heterocycles. The fraction of sp³-hybridized carbons (Fsp3) is 0.579. The Balaban J connectivity index is 1.75. The van der Waals surface area contributed by atoms with Crippen molar-refractivity contribution in [1.82, 2.24) is 10.0 Å². The minimum atomic E-state index is -3.80. The van der Waals surface area contributed by atoms with Gasteiger partial charge in [0.2, 0.25) is 10.0 Å². The number of esters is 1. The van der Waals surface area contributed by atoms with Crippen molar-refractivity contribution in [3.63, 3.8) is 0 Å². The fourth-order valence-corrected chi connectivity index (χ4v) is 4.15. The molecule has 0 spiro atoms. The third-order valence-corrected chi connectivity index (χ3v) is 6.57. The first-order chi connectivity index (χ1) is 12.7. The van der Waals surface area contributed by atoms with Crippen molar-refractivity contribution in [2.45, 2.75) is 51.0 Å². The lowest BCUT2D eigenvalue weighted by Crippen LogP contribution is -2.45. The molecule has 8 heteroatoms. The molecule has 0 radical (unpaired) electrons. The molecule has 27 heavy (non-hydrogen) atoms. The van der Waals surface area contributed by atoms with Gasteiger partial charge in [0.05, 0.1) is 4.90 Å². The summed E-state index contributed by atoms with van der Waals surface area (Å²) in [5.74, 6) is -0.246. The van der Waals surface area contributed by atoms with Crippen molar-refractivity contribution < 1.29 is 22.7 Å². The third-order valence-electron chi connectivity index (χ3n) is 5.16. The second-order valence-corrected chi connectivity index (χ2v) is 9.01. The van der Waals surface area contributed by atoms with Crippen molar-refractivity contribution in [2.75, 3.05) is 13.2 Å². The molecule has 1 aliphatic carbocycles. The van der Waals surface area contributed by atoms with Gasteiger partial charge in [-0.05, 0) is 37.3 Å². The average molecular weight is 397 g/mol. The Bertz CT molecular complexity index is 761. The number of carbonyl (C=O) groups excluding carboxylic acids is 2. The summed E-state index contributed by atoms with van der Waals surface area (Å²) < 4.78 is 31.3. The highest BCUT2D eigenvalue weighted by atomic mass is 32.2. The SMILES string of the molecule is Cc1ccc(S(=O)(=O)NCC(=O)OCC(=O)N[C@H]2CCC[C@@H](C)[C@@H]2C)cc1. The molecular formula is C19H28N2O5S. The second kappa shape index (κ2) is 9.32. The van der Waals surface area contributed by atoms with E-state index in [1.165, 1.54) is 12.1 Å². The monoisotopic (exact) mass is 396 g/mol. The Labute approximate surface area is 160 Å². The lowest BCUT2D eigenvalue weighted by Gasteiger charge is -2.34. The maximum absolute atomic E-state index is 12.1. The number of amides is 1. The van der Waals surface area contributed by atoms with Gasteiger partial charge >= 0.3 is 5.97 Å². The summed E-state index contributed by atoms with van der Waals surface area (Å²) in [4.78, 5) is 23.8. The predicted octanol–water partition coefficient (Wildman–Crippen LogP) is 1.76. The Hall–Kier alpha value is -1.93. The van der Waals surface area contributed by atoms with Gasteiger partial charge in [0, 0.05) is 6.04 Å². The van der Waals surface area contributed by atoms with Crippen LogP contribution in [0.3, 0.4) is 0 Å². The zero-order valence-electron chi connectivity index (χ0n) is 16.0. The van der Waals surface area contributed by atoms with E-state index >= 15 is 0 Å². The Morgan fingerprint density at radius 2 is 1.81 bits per heavy atom. The normalized spacial score (nSPS) is 22.9. The highest BCUT2D eigenvalue weighted by molar-refractivity contribution is 7.89. The average Bonchev–Trinajstić information content (AvgIpc) is 2.62. The minimum Gasteiger partial charge on any atom is -0.455 e. The van der Waals surface area contributed by atoms with Gasteiger partial charge in [0.1, 0.15) is 6.54 Å². The highest BCUT2D eigenvalue weighted by Crippen LogP contribution is 2.29. The number of aryl methyl sites for hydroxylation is 1. The van der Waals surface area contributed by atoms with E-state index in [-0.39, 0.29) is 16.8 Å². The standard InChI is InChI=1S/C19H28N2O5S/c1-13-7-9-16(10-8-13)27(24,25)20-11-19(23)26-12-18(22)21-17-6-4-5-14(2)15(17)3/h7-10,14-15,17,20H,4-6,11-12H2,1-3H3,(H,21,22)/t14-,15+,17+/m1/s1. The number of carbonyl (C=O) groups is 2. The summed E-state index contributed by atoms with van der Waals surface area (Å²) in [5, 5.41) is 2.90. The maximum atomic E-state index is 12.1. The quantitative estimate of drug-likeness (QED) is 0.684. The van der Waals surface area contributed by atoms with Gasteiger partial charge in [-0.15, -0.1) is 0 Å². The number of benzene rings is 1. The molecule has 0 bridgehead atoms. The van der Waals surface area contributed by atoms with Crippen LogP contribution >= 0.6 is 0 Å². The van der Waals surface area contributed by atoms with E-state index in [2.05, 4.69) is 23.9 Å². The number of nitrogens with one attached hydrogen (secondary N) is 2. The molecule has 0 aliphatic heterocycles. The van der Waals surface area contributed by atoms with Crippen LogP contribution in [0.2, 0.25) is 0 Å². The van der Waals surface area contributed by atoms with Crippen LogP contribution in [0, 0.1) is 18.8 Å². The summed E-state index contributed by atoms with van der Waals surface area (Å²) >= 11 is 0. The molecule has 0 aromatic heterocycles. The Kier molecular flexibility index (Phi) is 7.38. The molecule has 150 valence electrons. The first-order valence-electron chi connectivity index (χ1n) is 9.20. The van der Waals surface area contributed by atoms with Gasteiger partial charge in [-0.2, -0.15) is 4.72 Å². The van der Waals surface area contributed by atoms with Crippen molar-refractivity contribution >= 4 is 21.9 Å². The van der Waals surface area contributed by atoms with Crippen LogP contribution in [-0.2, 0) is 24.3 Å². The van der Waals surface area contributed by atoms with Crippen molar-refractivity contribution in [3.05, 3.63) is 29.8 Å². The molecule has 2 N–H and O–H groups in total. The van der Waals surface area contributed by atoms with E-state index < -0.39 is 29.1 Å². The third kappa shape index (κ3) is 6.32. The van der Waals surface area contributed by atoms with Gasteiger partial charge in [-0.1, -0.05) is 44.4 Å². The maximum Gasteiger partial charge on any atom is 0.321 e. The molecular weight excluding hydrogens is 368 g/mol. The van der Waals surface area contributed by atoms with Crippen LogP contribution < -0.4 is 10.0 Å². The van der Waals surface area contributed by atoms with Crippen LogP contribution in [0.5, 0.6) is 0 Å². The van der Waals surface area contributed by atoms with Gasteiger partial charge in [0.25, 0.3) is 5.91 Å². The molecule has 7 nitrogen and oxygen atoms in total. The van der Waals surface area contributed by atoms with E-state index in [1.54, 1.807) is 12.1 Å². The number of ether oxygens (including phenoxy) is 1. The second-order valence-electron chi connectivity index (χ2n) is 7.24. The van der Waals surface area contributed by atoms with Gasteiger partial charge in [-0.25, -0.2) is 8.42 Å². The zero-order chi connectivity index (χ0) is 20.0. The van der Waals surface area contributed by atoms with Crippen molar-refractivity contribution in [2.24, 2.45) is 11.8 Å². The van der Waals surface area contributed by atoms with Crippen LogP contribution in [0.4, 0.5) is 0 Å². The fourth-order valence-electron chi connectivity index (χ4n) is 3.19. The molecule has 1 aliphatic rings. The molecule has 1 aromatic rings. The minimum absolute atomic E-state index is 0.0686. The molecule has 3 atom stereocenters. The number of rotatable bonds is 7. The molecule has 0 saturated heterocycles. The molecule has 1 aromatic carbocycles. The lowest BCUT2D eigenvalue weighted by molar-refractivity contribution is -0.147. The number of hydrogen-bond donors (Lipinski definition) is 2. The summed E-state index contributed by atoms with van der Waals surface area (Å²) in [7, 11) is -3.80. The highest BCUT2D eigenvalue weighted by Gasteiger charge is 2.28. The van der Waals surface area contributed by atoms with Crippen LogP contribution in [0.25, 0.3) is 0 Å². The molecule has 1 amide bonds. The lowest BCUT2D eigenvalue weighted by atomic mass is 9.78. The van der Waals surface area contributed by atoms with Gasteiger partial charge < -0.3 is 10.1 Å². The summed E-state index contributed by atoms with van der Waals surface area (Å²) in [6, 6.07) is 6.35. The van der Waals surface area contributed by atoms with Crippen LogP contribution in [0.1, 0.15) is 38.7 Å². The van der Waals surface area contributed by atoms with Crippen LogP contribution in [0.15, 0.2) is 29.2 Å². The van der Waals surface area contributed by atoms with E-state index in [1.807, 2.05) is 6.92 Å². The van der Waals surface area contributed by atoms with Crippen molar-refractivity contribution in [3.8, 4) is 0 Å². The number of hydrogen-bond acceptors (Lipinski definition) is 5. The molecule has 2 rings (SSSR count). The van der Waals surface area contributed by atoms with Gasteiger partial charge in [-0.3, -0.25) is 9.59 Å². The smallest absolute Gasteiger partial charge is 0.321 e. The summed E-state index contributed by atoms with van der Waals surface area (Å²) in [5.41, 5.74) is 0.932. The van der Waals surface area contributed by atoms with Crippen molar-refractivity contribution in [1.29, 1.82) is 0 Å².